The number of nitrogens with zero attached hydrogens (tertiary/aromatic N) is 3. The van der Waals surface area contributed by atoms with Gasteiger partial charge in [0, 0.05) is 19.1 Å². The van der Waals surface area contributed by atoms with Crippen LogP contribution in [0, 0.1) is 5.92 Å². The second-order valence-corrected chi connectivity index (χ2v) is 7.30. The summed E-state index contributed by atoms with van der Waals surface area (Å²) >= 11 is 0. The van der Waals surface area contributed by atoms with Crippen LogP contribution in [0.15, 0.2) is 4.99 Å². The summed E-state index contributed by atoms with van der Waals surface area (Å²) in [5, 5.41) is 6.87. The highest BCUT2D eigenvalue weighted by Crippen LogP contribution is 2.16. The summed E-state index contributed by atoms with van der Waals surface area (Å²) in [6.07, 6.45) is 6.53. The molecule has 0 aromatic heterocycles. The summed E-state index contributed by atoms with van der Waals surface area (Å²) in [4.78, 5) is 9.82. The standard InChI is InChI=1S/C18H37N5/c1-4-19-18(21-15-17-7-5-11-22(17)3)20-10-6-12-23-13-8-16(2)9-14-23/h16-17H,4-15H2,1-3H3,(H2,19,20,21). The van der Waals surface area contributed by atoms with Crippen molar-refractivity contribution >= 4 is 5.96 Å². The molecule has 1 atom stereocenters. The van der Waals surface area contributed by atoms with E-state index < -0.39 is 0 Å². The van der Waals surface area contributed by atoms with Gasteiger partial charge in [0.2, 0.25) is 0 Å². The smallest absolute Gasteiger partial charge is 0.191 e. The highest BCUT2D eigenvalue weighted by molar-refractivity contribution is 5.79. The Morgan fingerprint density at radius 2 is 1.91 bits per heavy atom. The number of hydrogen-bond acceptors (Lipinski definition) is 3. The van der Waals surface area contributed by atoms with Gasteiger partial charge in [-0.05, 0) is 78.2 Å². The molecular formula is C18H37N5. The average molecular weight is 324 g/mol. The maximum absolute atomic E-state index is 4.78. The van der Waals surface area contributed by atoms with Crippen LogP contribution in [-0.2, 0) is 0 Å². The monoisotopic (exact) mass is 323 g/mol. The number of likely N-dealkylation sites (N-methyl/N-ethyl adjacent to an activating group) is 1. The van der Waals surface area contributed by atoms with Crippen LogP contribution in [-0.4, -0.2) is 74.7 Å². The molecule has 2 fully saturated rings. The lowest BCUT2D eigenvalue weighted by molar-refractivity contribution is 0.191. The van der Waals surface area contributed by atoms with Crippen molar-refractivity contribution in [3.63, 3.8) is 0 Å². The van der Waals surface area contributed by atoms with Gasteiger partial charge in [-0.3, -0.25) is 4.99 Å². The molecule has 1 unspecified atom stereocenters. The second-order valence-electron chi connectivity index (χ2n) is 7.30. The number of piperidine rings is 1. The minimum atomic E-state index is 0.626. The van der Waals surface area contributed by atoms with E-state index in [2.05, 4.69) is 41.3 Å². The van der Waals surface area contributed by atoms with Crippen LogP contribution in [0.5, 0.6) is 0 Å². The van der Waals surface area contributed by atoms with Crippen LogP contribution in [0.1, 0.15) is 46.0 Å². The molecule has 23 heavy (non-hydrogen) atoms. The Kier molecular flexibility index (Phi) is 8.17. The maximum atomic E-state index is 4.78. The highest BCUT2D eigenvalue weighted by Gasteiger charge is 2.20. The molecule has 2 heterocycles. The lowest BCUT2D eigenvalue weighted by Gasteiger charge is -2.30. The van der Waals surface area contributed by atoms with Gasteiger partial charge in [0.25, 0.3) is 0 Å². The minimum Gasteiger partial charge on any atom is -0.357 e. The first kappa shape index (κ1) is 18.5. The fraction of sp³-hybridized carbons (Fsp3) is 0.944. The summed E-state index contributed by atoms with van der Waals surface area (Å²) < 4.78 is 0. The molecule has 0 spiro atoms. The van der Waals surface area contributed by atoms with Crippen molar-refractivity contribution in [2.75, 3.05) is 52.9 Å². The normalized spacial score (nSPS) is 25.0. The van der Waals surface area contributed by atoms with E-state index in [0.717, 1.165) is 31.5 Å². The number of guanidine groups is 1. The first-order valence-corrected chi connectivity index (χ1v) is 9.63. The fourth-order valence-electron chi connectivity index (χ4n) is 3.54. The van der Waals surface area contributed by atoms with Crippen molar-refractivity contribution in [1.29, 1.82) is 0 Å². The van der Waals surface area contributed by atoms with E-state index in [1.54, 1.807) is 0 Å². The minimum absolute atomic E-state index is 0.626. The third-order valence-corrected chi connectivity index (χ3v) is 5.30. The summed E-state index contributed by atoms with van der Waals surface area (Å²) in [7, 11) is 2.22. The van der Waals surface area contributed by atoms with E-state index in [1.807, 2.05) is 0 Å². The van der Waals surface area contributed by atoms with Crippen LogP contribution < -0.4 is 10.6 Å². The molecule has 0 aromatic rings. The molecule has 2 aliphatic heterocycles. The quantitative estimate of drug-likeness (QED) is 0.426. The Hall–Kier alpha value is -0.810. The SMILES string of the molecule is CCNC(=NCC1CCCN1C)NCCCN1CCC(C)CC1. The van der Waals surface area contributed by atoms with Crippen LogP contribution in [0.3, 0.4) is 0 Å². The molecule has 2 rings (SSSR count). The number of nitrogens with one attached hydrogen (secondary N) is 2. The molecule has 0 bridgehead atoms. The Morgan fingerprint density at radius 1 is 1.13 bits per heavy atom. The van der Waals surface area contributed by atoms with Crippen LogP contribution >= 0.6 is 0 Å². The first-order chi connectivity index (χ1) is 11.2. The molecule has 5 heteroatoms. The van der Waals surface area contributed by atoms with Crippen molar-refractivity contribution in [1.82, 2.24) is 20.4 Å². The number of hydrogen-bond donors (Lipinski definition) is 2. The molecule has 0 aromatic carbocycles. The first-order valence-electron chi connectivity index (χ1n) is 9.63. The number of aliphatic imine (C=N–C) groups is 1. The van der Waals surface area contributed by atoms with Crippen molar-refractivity contribution in [2.45, 2.75) is 52.0 Å². The molecule has 0 amide bonds. The average Bonchev–Trinajstić information content (AvgIpc) is 2.96. The van der Waals surface area contributed by atoms with Gasteiger partial charge in [-0.2, -0.15) is 0 Å². The van der Waals surface area contributed by atoms with Gasteiger partial charge in [-0.15, -0.1) is 0 Å². The van der Waals surface area contributed by atoms with Gasteiger partial charge in [0.15, 0.2) is 5.96 Å². The topological polar surface area (TPSA) is 42.9 Å². The van der Waals surface area contributed by atoms with E-state index in [9.17, 15) is 0 Å². The summed E-state index contributed by atoms with van der Waals surface area (Å²) in [5.41, 5.74) is 0. The van der Waals surface area contributed by atoms with Crippen LogP contribution in [0.2, 0.25) is 0 Å². The molecular weight excluding hydrogens is 286 g/mol. The van der Waals surface area contributed by atoms with E-state index in [-0.39, 0.29) is 0 Å². The van der Waals surface area contributed by atoms with Gasteiger partial charge in [0.05, 0.1) is 6.54 Å². The van der Waals surface area contributed by atoms with Gasteiger partial charge < -0.3 is 20.4 Å². The summed E-state index contributed by atoms with van der Waals surface area (Å²) in [6, 6.07) is 0.626. The Labute approximate surface area is 142 Å². The molecule has 0 saturated carbocycles. The zero-order chi connectivity index (χ0) is 16.5. The Morgan fingerprint density at radius 3 is 2.57 bits per heavy atom. The predicted octanol–water partition coefficient (Wildman–Crippen LogP) is 1.76. The molecule has 0 aliphatic carbocycles. The van der Waals surface area contributed by atoms with E-state index in [0.29, 0.717) is 6.04 Å². The predicted molar refractivity (Wildman–Crippen MR) is 99.1 cm³/mol. The molecule has 2 N–H and O–H groups in total. The third kappa shape index (κ3) is 6.68. The Bertz CT molecular complexity index is 349. The zero-order valence-corrected chi connectivity index (χ0v) is 15.5. The fourth-order valence-corrected chi connectivity index (χ4v) is 3.54. The number of rotatable bonds is 7. The summed E-state index contributed by atoms with van der Waals surface area (Å²) in [5.74, 6) is 1.91. The molecule has 2 aliphatic rings. The maximum Gasteiger partial charge on any atom is 0.191 e. The van der Waals surface area contributed by atoms with E-state index in [1.165, 1.54) is 58.3 Å². The van der Waals surface area contributed by atoms with E-state index in [4.69, 9.17) is 4.99 Å². The largest absolute Gasteiger partial charge is 0.357 e. The second kappa shape index (κ2) is 10.1. The van der Waals surface area contributed by atoms with Gasteiger partial charge in [-0.25, -0.2) is 0 Å². The van der Waals surface area contributed by atoms with Crippen molar-refractivity contribution in [2.24, 2.45) is 10.9 Å². The summed E-state index contributed by atoms with van der Waals surface area (Å²) in [6.45, 7) is 12.4. The Balaban J connectivity index is 1.63. The molecule has 0 radical (unpaired) electrons. The van der Waals surface area contributed by atoms with Crippen molar-refractivity contribution in [3.8, 4) is 0 Å². The lowest BCUT2D eigenvalue weighted by atomic mass is 9.99. The van der Waals surface area contributed by atoms with Gasteiger partial charge in [-0.1, -0.05) is 6.92 Å². The zero-order valence-electron chi connectivity index (χ0n) is 15.5. The lowest BCUT2D eigenvalue weighted by Crippen LogP contribution is -2.40. The highest BCUT2D eigenvalue weighted by atomic mass is 15.2. The van der Waals surface area contributed by atoms with Gasteiger partial charge in [0.1, 0.15) is 0 Å². The molecule has 2 saturated heterocycles. The van der Waals surface area contributed by atoms with Crippen LogP contribution in [0.25, 0.3) is 0 Å². The van der Waals surface area contributed by atoms with Gasteiger partial charge >= 0.3 is 0 Å². The van der Waals surface area contributed by atoms with Crippen LogP contribution in [0.4, 0.5) is 0 Å². The van der Waals surface area contributed by atoms with Crippen molar-refractivity contribution in [3.05, 3.63) is 0 Å². The van der Waals surface area contributed by atoms with E-state index >= 15 is 0 Å². The molecule has 134 valence electrons. The molecule has 5 nitrogen and oxygen atoms in total. The van der Waals surface area contributed by atoms with Crippen molar-refractivity contribution < 1.29 is 0 Å². The third-order valence-electron chi connectivity index (χ3n) is 5.30. The number of likely N-dealkylation sites (tertiary alicyclic amines) is 2.